The van der Waals surface area contributed by atoms with Crippen LogP contribution in [0.3, 0.4) is 0 Å². The third-order valence-corrected chi connectivity index (χ3v) is 3.51. The van der Waals surface area contributed by atoms with E-state index < -0.39 is 0 Å². The van der Waals surface area contributed by atoms with Gasteiger partial charge in [-0.2, -0.15) is 0 Å². The van der Waals surface area contributed by atoms with Crippen molar-refractivity contribution in [3.05, 3.63) is 27.6 Å². The molecule has 0 saturated carbocycles. The van der Waals surface area contributed by atoms with Crippen LogP contribution in [-0.2, 0) is 0 Å². The number of ether oxygens (including phenoxy) is 1. The number of hydrogen-bond donors (Lipinski definition) is 0. The van der Waals surface area contributed by atoms with Crippen LogP contribution in [0.4, 0.5) is 0 Å². The summed E-state index contributed by atoms with van der Waals surface area (Å²) in [6.45, 7) is 2.52. The highest BCUT2D eigenvalue weighted by molar-refractivity contribution is 7.23. The number of benzene rings is 1. The van der Waals surface area contributed by atoms with Crippen LogP contribution in [0.5, 0.6) is 5.75 Å². The topological polar surface area (TPSA) is 9.23 Å². The van der Waals surface area contributed by atoms with Gasteiger partial charge in [0.15, 0.2) is 5.75 Å². The van der Waals surface area contributed by atoms with Crippen LogP contribution in [0.15, 0.2) is 18.2 Å². The molecule has 0 aliphatic rings. The monoisotopic (exact) mass is 246 g/mol. The van der Waals surface area contributed by atoms with Crippen LogP contribution in [0.1, 0.15) is 6.92 Å². The summed E-state index contributed by atoms with van der Waals surface area (Å²) in [4.78, 5) is 0. The van der Waals surface area contributed by atoms with Crippen LogP contribution < -0.4 is 4.74 Å². The first kappa shape index (κ1) is 10.1. The summed E-state index contributed by atoms with van der Waals surface area (Å²) < 4.78 is 7.19. The van der Waals surface area contributed by atoms with Gasteiger partial charge in [-0.1, -0.05) is 29.3 Å². The molecule has 1 heterocycles. The lowest BCUT2D eigenvalue weighted by atomic mass is 10.2. The van der Waals surface area contributed by atoms with E-state index in [1.54, 1.807) is 0 Å². The molecule has 1 aromatic heterocycles. The molecule has 0 saturated heterocycles. The van der Waals surface area contributed by atoms with Gasteiger partial charge in [-0.3, -0.25) is 0 Å². The Kier molecular flexibility index (Phi) is 2.86. The van der Waals surface area contributed by atoms with Crippen molar-refractivity contribution in [1.29, 1.82) is 0 Å². The van der Waals surface area contributed by atoms with Crippen LogP contribution >= 0.6 is 34.5 Å². The van der Waals surface area contributed by atoms with Gasteiger partial charge in [0.25, 0.3) is 0 Å². The Morgan fingerprint density at radius 1 is 1.36 bits per heavy atom. The molecule has 0 bridgehead atoms. The van der Waals surface area contributed by atoms with Crippen LogP contribution in [0, 0.1) is 0 Å². The van der Waals surface area contributed by atoms with Crippen molar-refractivity contribution in [2.75, 3.05) is 6.61 Å². The van der Waals surface area contributed by atoms with Gasteiger partial charge in [-0.15, -0.1) is 11.3 Å². The van der Waals surface area contributed by atoms with Gasteiger partial charge in [0, 0.05) is 4.70 Å². The van der Waals surface area contributed by atoms with E-state index in [0.29, 0.717) is 21.7 Å². The maximum absolute atomic E-state index is 6.08. The Balaban J connectivity index is 2.73. The normalized spacial score (nSPS) is 10.8. The van der Waals surface area contributed by atoms with Crippen molar-refractivity contribution in [3.63, 3.8) is 0 Å². The fraction of sp³-hybridized carbons (Fsp3) is 0.200. The van der Waals surface area contributed by atoms with Crippen molar-refractivity contribution in [3.8, 4) is 5.75 Å². The minimum absolute atomic E-state index is 0.594. The summed E-state index contributed by atoms with van der Waals surface area (Å²) in [7, 11) is 0. The van der Waals surface area contributed by atoms with E-state index in [4.69, 9.17) is 27.9 Å². The SMILES string of the molecule is CCOc1c(Cl)sc2cccc(Cl)c12. The van der Waals surface area contributed by atoms with E-state index in [-0.39, 0.29) is 0 Å². The molecule has 0 fully saturated rings. The van der Waals surface area contributed by atoms with E-state index in [9.17, 15) is 0 Å². The predicted octanol–water partition coefficient (Wildman–Crippen LogP) is 4.61. The van der Waals surface area contributed by atoms with Crippen molar-refractivity contribution >= 4 is 44.6 Å². The van der Waals surface area contributed by atoms with Crippen molar-refractivity contribution < 1.29 is 4.74 Å². The van der Waals surface area contributed by atoms with Gasteiger partial charge in [-0.25, -0.2) is 0 Å². The lowest BCUT2D eigenvalue weighted by molar-refractivity contribution is 0.346. The maximum Gasteiger partial charge on any atom is 0.158 e. The Labute approximate surface area is 96.2 Å². The van der Waals surface area contributed by atoms with Crippen LogP contribution in [-0.4, -0.2) is 6.61 Å². The summed E-state index contributed by atoms with van der Waals surface area (Å²) in [6.07, 6.45) is 0. The van der Waals surface area contributed by atoms with Crippen LogP contribution in [0.2, 0.25) is 9.36 Å². The second kappa shape index (κ2) is 3.97. The second-order valence-corrected chi connectivity index (χ2v) is 4.81. The zero-order chi connectivity index (χ0) is 10.1. The number of fused-ring (bicyclic) bond motifs is 1. The first-order chi connectivity index (χ1) is 6.74. The van der Waals surface area contributed by atoms with Gasteiger partial charge >= 0.3 is 0 Å². The van der Waals surface area contributed by atoms with Crippen molar-refractivity contribution in [2.45, 2.75) is 6.92 Å². The summed E-state index contributed by atoms with van der Waals surface area (Å²) in [5.41, 5.74) is 0. The molecular weight excluding hydrogens is 239 g/mol. The highest BCUT2D eigenvalue weighted by Crippen LogP contribution is 2.44. The number of thiophene rings is 1. The van der Waals surface area contributed by atoms with Crippen molar-refractivity contribution in [1.82, 2.24) is 0 Å². The van der Waals surface area contributed by atoms with Gasteiger partial charge in [-0.05, 0) is 19.1 Å². The first-order valence-electron chi connectivity index (χ1n) is 4.23. The molecule has 0 atom stereocenters. The summed E-state index contributed by atoms with van der Waals surface area (Å²) in [5.74, 6) is 0.708. The predicted molar refractivity (Wildman–Crippen MR) is 63.0 cm³/mol. The molecule has 1 nitrogen and oxygen atoms in total. The molecule has 1 aromatic carbocycles. The average Bonchev–Trinajstić information content (AvgIpc) is 2.45. The molecule has 0 unspecified atom stereocenters. The smallest absolute Gasteiger partial charge is 0.158 e. The van der Waals surface area contributed by atoms with E-state index in [1.165, 1.54) is 11.3 Å². The van der Waals surface area contributed by atoms with Gasteiger partial charge in [0.1, 0.15) is 4.34 Å². The Morgan fingerprint density at radius 3 is 2.86 bits per heavy atom. The number of rotatable bonds is 2. The average molecular weight is 247 g/mol. The van der Waals surface area contributed by atoms with Gasteiger partial charge in [0.2, 0.25) is 0 Å². The van der Waals surface area contributed by atoms with E-state index in [1.807, 2.05) is 25.1 Å². The standard InChI is InChI=1S/C10H8Cl2OS/c1-2-13-9-8-6(11)4-3-5-7(8)14-10(9)12/h3-5H,2H2,1H3. The van der Waals surface area contributed by atoms with Gasteiger partial charge in [0.05, 0.1) is 17.0 Å². The molecule has 2 aromatic rings. The summed E-state index contributed by atoms with van der Waals surface area (Å²) in [6, 6.07) is 5.74. The molecule has 0 spiro atoms. The second-order valence-electron chi connectivity index (χ2n) is 2.75. The molecule has 0 aliphatic heterocycles. The fourth-order valence-corrected chi connectivity index (χ4v) is 2.94. The molecule has 0 aliphatic carbocycles. The third-order valence-electron chi connectivity index (χ3n) is 1.87. The Morgan fingerprint density at radius 2 is 2.14 bits per heavy atom. The van der Waals surface area contributed by atoms with Crippen LogP contribution in [0.25, 0.3) is 10.1 Å². The number of halogens is 2. The third kappa shape index (κ3) is 1.58. The first-order valence-corrected chi connectivity index (χ1v) is 5.80. The molecule has 0 radical (unpaired) electrons. The van der Waals surface area contributed by atoms with Gasteiger partial charge < -0.3 is 4.74 Å². The molecule has 0 N–H and O–H groups in total. The highest BCUT2D eigenvalue weighted by Gasteiger charge is 2.13. The lowest BCUT2D eigenvalue weighted by Crippen LogP contribution is -1.90. The minimum Gasteiger partial charge on any atom is -0.491 e. The zero-order valence-corrected chi connectivity index (χ0v) is 9.84. The minimum atomic E-state index is 0.594. The highest BCUT2D eigenvalue weighted by atomic mass is 35.5. The molecular formula is C10H8Cl2OS. The van der Waals surface area contributed by atoms with E-state index in [0.717, 1.165) is 10.1 Å². The molecule has 0 amide bonds. The lowest BCUT2D eigenvalue weighted by Gasteiger charge is -2.02. The quantitative estimate of drug-likeness (QED) is 0.753. The Hall–Kier alpha value is -0.440. The Bertz CT molecular complexity index is 464. The summed E-state index contributed by atoms with van der Waals surface area (Å²) in [5, 5.41) is 1.61. The molecule has 74 valence electrons. The maximum atomic E-state index is 6.08. The molecule has 4 heteroatoms. The largest absolute Gasteiger partial charge is 0.491 e. The summed E-state index contributed by atoms with van der Waals surface area (Å²) >= 11 is 13.6. The zero-order valence-electron chi connectivity index (χ0n) is 7.51. The van der Waals surface area contributed by atoms with Crippen molar-refractivity contribution in [2.24, 2.45) is 0 Å². The molecule has 2 rings (SSSR count). The van der Waals surface area contributed by atoms with E-state index in [2.05, 4.69) is 0 Å². The van der Waals surface area contributed by atoms with E-state index >= 15 is 0 Å². The molecule has 14 heavy (non-hydrogen) atoms. The fourth-order valence-electron chi connectivity index (χ4n) is 1.32. The number of hydrogen-bond acceptors (Lipinski definition) is 2.